The number of rotatable bonds is 3. The van der Waals surface area contributed by atoms with E-state index in [0.717, 1.165) is 25.8 Å². The van der Waals surface area contributed by atoms with Gasteiger partial charge in [-0.15, -0.1) is 0 Å². The molecular formula is C9H18N2O. The maximum absolute atomic E-state index is 5.10. The van der Waals surface area contributed by atoms with Crippen LogP contribution in [-0.4, -0.2) is 50.3 Å². The molecule has 0 aliphatic carbocycles. The Balaban J connectivity index is 1.64. The third-order valence-electron chi connectivity index (χ3n) is 2.95. The number of hydrogen-bond donors (Lipinski definition) is 1. The van der Waals surface area contributed by atoms with Gasteiger partial charge in [-0.1, -0.05) is 0 Å². The van der Waals surface area contributed by atoms with Gasteiger partial charge >= 0.3 is 0 Å². The fraction of sp³-hybridized carbons (Fsp3) is 1.00. The molecule has 3 nitrogen and oxygen atoms in total. The van der Waals surface area contributed by atoms with Crippen molar-refractivity contribution >= 4 is 0 Å². The summed E-state index contributed by atoms with van der Waals surface area (Å²) in [7, 11) is 2.22. The molecule has 2 rings (SSSR count). The largest absolute Gasteiger partial charge is 0.378 e. The topological polar surface area (TPSA) is 24.5 Å². The molecule has 2 aliphatic heterocycles. The van der Waals surface area contributed by atoms with Crippen LogP contribution in [0.15, 0.2) is 0 Å². The molecule has 0 aromatic rings. The second-order valence-corrected chi connectivity index (χ2v) is 3.92. The number of hydrogen-bond acceptors (Lipinski definition) is 3. The monoisotopic (exact) mass is 170 g/mol. The summed E-state index contributed by atoms with van der Waals surface area (Å²) in [4.78, 5) is 2.45. The lowest BCUT2D eigenvalue weighted by molar-refractivity contribution is -0.00680. The molecule has 1 unspecified atom stereocenters. The van der Waals surface area contributed by atoms with Gasteiger partial charge < -0.3 is 15.0 Å². The first-order valence-corrected chi connectivity index (χ1v) is 4.87. The van der Waals surface area contributed by atoms with Gasteiger partial charge in [-0.25, -0.2) is 0 Å². The van der Waals surface area contributed by atoms with Crippen molar-refractivity contribution in [2.45, 2.75) is 24.9 Å². The molecule has 0 spiro atoms. The highest BCUT2D eigenvalue weighted by atomic mass is 16.5. The van der Waals surface area contributed by atoms with E-state index in [0.29, 0.717) is 6.04 Å². The highest BCUT2D eigenvalue weighted by molar-refractivity contribution is 4.81. The third kappa shape index (κ3) is 1.79. The highest BCUT2D eigenvalue weighted by Crippen LogP contribution is 2.14. The van der Waals surface area contributed by atoms with Crippen molar-refractivity contribution in [3.63, 3.8) is 0 Å². The third-order valence-corrected chi connectivity index (χ3v) is 2.95. The normalized spacial score (nSPS) is 32.2. The summed E-state index contributed by atoms with van der Waals surface area (Å²) in [6.07, 6.45) is 2.72. The van der Waals surface area contributed by atoms with E-state index in [9.17, 15) is 0 Å². The molecular weight excluding hydrogens is 152 g/mol. The van der Waals surface area contributed by atoms with Crippen LogP contribution in [0, 0.1) is 0 Å². The Hall–Kier alpha value is -0.120. The molecule has 0 aromatic heterocycles. The van der Waals surface area contributed by atoms with E-state index in [1.165, 1.54) is 19.4 Å². The van der Waals surface area contributed by atoms with Crippen LogP contribution in [0.4, 0.5) is 0 Å². The van der Waals surface area contributed by atoms with E-state index in [4.69, 9.17) is 4.74 Å². The lowest BCUT2D eigenvalue weighted by Crippen LogP contribution is -2.49. The minimum atomic E-state index is 0.638. The number of nitrogens with one attached hydrogen (secondary N) is 1. The minimum absolute atomic E-state index is 0.638. The number of likely N-dealkylation sites (tertiary alicyclic amines) is 1. The smallest absolute Gasteiger partial charge is 0.0643 e. The van der Waals surface area contributed by atoms with Crippen LogP contribution in [0.5, 0.6) is 0 Å². The summed E-state index contributed by atoms with van der Waals surface area (Å²) in [5.41, 5.74) is 0. The molecule has 0 radical (unpaired) electrons. The molecule has 2 saturated heterocycles. The predicted octanol–water partition coefficient (Wildman–Crippen LogP) is 0.0690. The quantitative estimate of drug-likeness (QED) is 0.648. The first-order chi connectivity index (χ1) is 5.86. The van der Waals surface area contributed by atoms with Gasteiger partial charge in [0.2, 0.25) is 0 Å². The summed E-state index contributed by atoms with van der Waals surface area (Å²) >= 11 is 0. The van der Waals surface area contributed by atoms with Gasteiger partial charge in [0.15, 0.2) is 0 Å². The highest BCUT2D eigenvalue weighted by Gasteiger charge is 2.23. The fourth-order valence-electron chi connectivity index (χ4n) is 1.89. The molecule has 2 aliphatic rings. The average Bonchev–Trinajstić information content (AvgIpc) is 2.33. The minimum Gasteiger partial charge on any atom is -0.378 e. The molecule has 0 amide bonds. The van der Waals surface area contributed by atoms with E-state index in [-0.39, 0.29) is 0 Å². The van der Waals surface area contributed by atoms with Crippen LogP contribution in [0.2, 0.25) is 0 Å². The molecule has 2 fully saturated rings. The van der Waals surface area contributed by atoms with Crippen molar-refractivity contribution in [2.24, 2.45) is 0 Å². The van der Waals surface area contributed by atoms with Gasteiger partial charge in [0, 0.05) is 12.6 Å². The maximum Gasteiger partial charge on any atom is 0.0643 e. The predicted molar refractivity (Wildman–Crippen MR) is 48.3 cm³/mol. The van der Waals surface area contributed by atoms with Gasteiger partial charge in [-0.05, 0) is 26.4 Å². The van der Waals surface area contributed by atoms with Gasteiger partial charge in [-0.2, -0.15) is 0 Å². The number of likely N-dealkylation sites (N-methyl/N-ethyl adjacent to an activating group) is 1. The van der Waals surface area contributed by atoms with E-state index >= 15 is 0 Å². The van der Waals surface area contributed by atoms with Crippen LogP contribution < -0.4 is 5.32 Å². The zero-order chi connectivity index (χ0) is 8.39. The first kappa shape index (κ1) is 8.48. The van der Waals surface area contributed by atoms with Crippen molar-refractivity contribution in [1.82, 2.24) is 10.2 Å². The Bertz CT molecular complexity index is 147. The van der Waals surface area contributed by atoms with Crippen molar-refractivity contribution in [3.8, 4) is 0 Å². The number of nitrogens with zero attached hydrogens (tertiary/aromatic N) is 1. The van der Waals surface area contributed by atoms with E-state index in [2.05, 4.69) is 17.3 Å². The first-order valence-electron chi connectivity index (χ1n) is 4.87. The molecule has 1 atom stereocenters. The van der Waals surface area contributed by atoms with Crippen LogP contribution in [0.3, 0.4) is 0 Å². The van der Waals surface area contributed by atoms with Crippen LogP contribution in [0.25, 0.3) is 0 Å². The maximum atomic E-state index is 5.10. The van der Waals surface area contributed by atoms with Crippen LogP contribution in [-0.2, 0) is 4.74 Å². The molecule has 70 valence electrons. The molecule has 12 heavy (non-hydrogen) atoms. The summed E-state index contributed by atoms with van der Waals surface area (Å²) in [5.74, 6) is 0. The van der Waals surface area contributed by atoms with Crippen molar-refractivity contribution < 1.29 is 4.74 Å². The summed E-state index contributed by atoms with van der Waals surface area (Å²) < 4.78 is 5.10. The molecule has 0 saturated carbocycles. The summed E-state index contributed by atoms with van der Waals surface area (Å²) in [6.45, 7) is 4.24. The van der Waals surface area contributed by atoms with E-state index in [1.54, 1.807) is 0 Å². The van der Waals surface area contributed by atoms with Crippen LogP contribution >= 0.6 is 0 Å². The van der Waals surface area contributed by atoms with Crippen molar-refractivity contribution in [1.29, 1.82) is 0 Å². The SMILES string of the molecule is CN1CCCC1CNC1COC1. The Morgan fingerprint density at radius 2 is 2.33 bits per heavy atom. The number of ether oxygens (including phenoxy) is 1. The van der Waals surface area contributed by atoms with Crippen molar-refractivity contribution in [3.05, 3.63) is 0 Å². The van der Waals surface area contributed by atoms with Gasteiger partial charge in [0.1, 0.15) is 0 Å². The molecule has 2 heterocycles. The molecule has 1 N–H and O–H groups in total. The zero-order valence-electron chi connectivity index (χ0n) is 7.75. The van der Waals surface area contributed by atoms with Crippen LogP contribution in [0.1, 0.15) is 12.8 Å². The van der Waals surface area contributed by atoms with Gasteiger partial charge in [0.25, 0.3) is 0 Å². The molecule has 3 heteroatoms. The lowest BCUT2D eigenvalue weighted by Gasteiger charge is -2.29. The second-order valence-electron chi connectivity index (χ2n) is 3.92. The van der Waals surface area contributed by atoms with E-state index < -0.39 is 0 Å². The second kappa shape index (κ2) is 3.73. The summed E-state index contributed by atoms with van der Waals surface area (Å²) in [6, 6.07) is 1.41. The van der Waals surface area contributed by atoms with Gasteiger partial charge in [0.05, 0.1) is 19.3 Å². The van der Waals surface area contributed by atoms with E-state index in [1.807, 2.05) is 0 Å². The lowest BCUT2D eigenvalue weighted by atomic mass is 10.2. The Kier molecular flexibility index (Phi) is 2.63. The Labute approximate surface area is 74.1 Å². The Morgan fingerprint density at radius 3 is 2.83 bits per heavy atom. The fourth-order valence-corrected chi connectivity index (χ4v) is 1.89. The molecule has 0 aromatic carbocycles. The van der Waals surface area contributed by atoms with Gasteiger partial charge in [-0.3, -0.25) is 0 Å². The van der Waals surface area contributed by atoms with Crippen molar-refractivity contribution in [2.75, 3.05) is 33.4 Å². The summed E-state index contributed by atoms with van der Waals surface area (Å²) in [5, 5.41) is 3.52. The zero-order valence-corrected chi connectivity index (χ0v) is 7.75. The molecule has 0 bridgehead atoms. The Morgan fingerprint density at radius 1 is 1.50 bits per heavy atom. The standard InChI is InChI=1S/C9H18N2O/c1-11-4-2-3-9(11)5-10-8-6-12-7-8/h8-10H,2-7H2,1H3. The average molecular weight is 170 g/mol.